The SMILES string of the molecule is CC(C)(O)CCC[C@@H](CCC(=O)C(C)(C)O)C1CCC2C(=O)CCC[C@@]21C. The van der Waals surface area contributed by atoms with Crippen molar-refractivity contribution in [2.24, 2.45) is 23.2 Å². The van der Waals surface area contributed by atoms with Crippen LogP contribution in [0.25, 0.3) is 0 Å². The molecule has 2 aliphatic carbocycles. The molecule has 0 aromatic carbocycles. The molecule has 2 saturated carbocycles. The second kappa shape index (κ2) is 8.32. The number of hydrogen-bond acceptors (Lipinski definition) is 4. The minimum atomic E-state index is -1.28. The number of aliphatic hydroxyl groups is 2. The summed E-state index contributed by atoms with van der Waals surface area (Å²) in [6.45, 7) is 9.10. The van der Waals surface area contributed by atoms with E-state index in [0.29, 0.717) is 24.0 Å². The van der Waals surface area contributed by atoms with Gasteiger partial charge in [-0.2, -0.15) is 0 Å². The Morgan fingerprint density at radius 3 is 2.44 bits per heavy atom. The van der Waals surface area contributed by atoms with Crippen LogP contribution in [0.15, 0.2) is 0 Å². The third kappa shape index (κ3) is 5.63. The maximum Gasteiger partial charge on any atom is 0.163 e. The first-order chi connectivity index (χ1) is 12.3. The molecule has 0 amide bonds. The third-order valence-corrected chi connectivity index (χ3v) is 7.29. The fraction of sp³-hybridized carbons (Fsp3) is 0.913. The Morgan fingerprint density at radius 2 is 1.85 bits per heavy atom. The number of fused-ring (bicyclic) bond motifs is 1. The van der Waals surface area contributed by atoms with E-state index in [0.717, 1.165) is 57.8 Å². The molecule has 27 heavy (non-hydrogen) atoms. The molecule has 0 aliphatic heterocycles. The molecule has 0 heterocycles. The summed E-state index contributed by atoms with van der Waals surface area (Å²) in [6, 6.07) is 0. The molecule has 0 aromatic heterocycles. The van der Waals surface area contributed by atoms with Crippen molar-refractivity contribution in [1.82, 2.24) is 0 Å². The molecular formula is C23H40O4. The predicted molar refractivity (Wildman–Crippen MR) is 107 cm³/mol. The summed E-state index contributed by atoms with van der Waals surface area (Å²) in [4.78, 5) is 24.8. The van der Waals surface area contributed by atoms with Gasteiger partial charge < -0.3 is 10.2 Å². The van der Waals surface area contributed by atoms with Crippen LogP contribution in [0.5, 0.6) is 0 Å². The molecule has 0 bridgehead atoms. The van der Waals surface area contributed by atoms with Crippen LogP contribution in [-0.2, 0) is 9.59 Å². The Kier molecular flexibility index (Phi) is 6.95. The van der Waals surface area contributed by atoms with Crippen molar-refractivity contribution in [2.75, 3.05) is 0 Å². The van der Waals surface area contributed by atoms with E-state index in [2.05, 4.69) is 6.92 Å². The quantitative estimate of drug-likeness (QED) is 0.620. The van der Waals surface area contributed by atoms with Gasteiger partial charge in [0.25, 0.3) is 0 Å². The van der Waals surface area contributed by atoms with Gasteiger partial charge in [0.05, 0.1) is 5.60 Å². The Hall–Kier alpha value is -0.740. The molecular weight excluding hydrogens is 340 g/mol. The lowest BCUT2D eigenvalue weighted by atomic mass is 9.61. The maximum absolute atomic E-state index is 12.5. The maximum atomic E-state index is 12.5. The van der Waals surface area contributed by atoms with Crippen LogP contribution < -0.4 is 0 Å². The minimum Gasteiger partial charge on any atom is -0.390 e. The molecule has 0 spiro atoms. The van der Waals surface area contributed by atoms with Gasteiger partial charge in [-0.1, -0.05) is 19.8 Å². The lowest BCUT2D eigenvalue weighted by Gasteiger charge is -2.43. The zero-order valence-corrected chi connectivity index (χ0v) is 18.0. The van der Waals surface area contributed by atoms with Gasteiger partial charge in [-0.3, -0.25) is 9.59 Å². The van der Waals surface area contributed by atoms with E-state index in [4.69, 9.17) is 0 Å². The van der Waals surface area contributed by atoms with Crippen LogP contribution in [0.2, 0.25) is 0 Å². The fourth-order valence-electron chi connectivity index (χ4n) is 5.71. The molecule has 2 rings (SSSR count). The van der Waals surface area contributed by atoms with Crippen molar-refractivity contribution in [3.05, 3.63) is 0 Å². The van der Waals surface area contributed by atoms with Crippen molar-refractivity contribution < 1.29 is 19.8 Å². The monoisotopic (exact) mass is 380 g/mol. The van der Waals surface area contributed by atoms with E-state index >= 15 is 0 Å². The van der Waals surface area contributed by atoms with E-state index in [9.17, 15) is 19.8 Å². The summed E-state index contributed by atoms with van der Waals surface area (Å²) >= 11 is 0. The lowest BCUT2D eigenvalue weighted by Crippen LogP contribution is -2.40. The molecule has 2 fully saturated rings. The predicted octanol–water partition coefficient (Wildman–Crippen LogP) is 4.45. The number of carbonyl (C=O) groups excluding carboxylic acids is 2. The van der Waals surface area contributed by atoms with Crippen LogP contribution in [0.1, 0.15) is 98.8 Å². The zero-order valence-electron chi connectivity index (χ0n) is 18.0. The van der Waals surface area contributed by atoms with E-state index in [-0.39, 0.29) is 17.1 Å². The Labute approximate surface area is 165 Å². The number of carbonyl (C=O) groups is 2. The minimum absolute atomic E-state index is 0.0620. The first-order valence-corrected chi connectivity index (χ1v) is 10.9. The molecule has 0 saturated heterocycles. The molecule has 156 valence electrons. The fourth-order valence-corrected chi connectivity index (χ4v) is 5.71. The normalized spacial score (nSPS) is 30.3. The highest BCUT2D eigenvalue weighted by Crippen LogP contribution is 2.58. The molecule has 2 unspecified atom stereocenters. The highest BCUT2D eigenvalue weighted by Gasteiger charge is 2.52. The van der Waals surface area contributed by atoms with Crippen LogP contribution in [0, 0.1) is 23.2 Å². The van der Waals surface area contributed by atoms with E-state index < -0.39 is 11.2 Å². The number of Topliss-reactive ketones (excluding diaryl/α,β-unsaturated/α-hetero) is 2. The van der Waals surface area contributed by atoms with Gasteiger partial charge in [0.15, 0.2) is 5.78 Å². The van der Waals surface area contributed by atoms with Crippen LogP contribution in [-0.4, -0.2) is 33.0 Å². The molecule has 2 N–H and O–H groups in total. The Balaban J connectivity index is 2.11. The summed E-state index contributed by atoms with van der Waals surface area (Å²) in [7, 11) is 0. The number of ketones is 2. The van der Waals surface area contributed by atoms with E-state index in [1.54, 1.807) is 13.8 Å². The van der Waals surface area contributed by atoms with Crippen LogP contribution >= 0.6 is 0 Å². The topological polar surface area (TPSA) is 74.6 Å². The van der Waals surface area contributed by atoms with E-state index in [1.807, 2.05) is 13.8 Å². The average Bonchev–Trinajstić information content (AvgIpc) is 2.86. The summed E-state index contributed by atoms with van der Waals surface area (Å²) in [6.07, 6.45) is 8.69. The van der Waals surface area contributed by atoms with Gasteiger partial charge >= 0.3 is 0 Å². The second-order valence-corrected chi connectivity index (χ2v) is 10.5. The molecule has 2 aliphatic rings. The van der Waals surface area contributed by atoms with Gasteiger partial charge in [0.2, 0.25) is 0 Å². The highest BCUT2D eigenvalue weighted by atomic mass is 16.3. The summed E-state index contributed by atoms with van der Waals surface area (Å²) < 4.78 is 0. The van der Waals surface area contributed by atoms with Gasteiger partial charge in [-0.25, -0.2) is 0 Å². The Morgan fingerprint density at radius 1 is 1.19 bits per heavy atom. The van der Waals surface area contributed by atoms with Gasteiger partial charge in [0.1, 0.15) is 11.4 Å². The highest BCUT2D eigenvalue weighted by molar-refractivity contribution is 5.86. The Bertz CT molecular complexity index is 540. The standard InChI is InChI=1S/C23H40O4/c1-21(2,26)14-6-8-16(10-13-20(25)22(3,4)27)17-11-12-18-19(24)9-7-15-23(17,18)5/h16-18,26-27H,6-15H2,1-5H3/t16-,17?,18?,23+/m0/s1. The van der Waals surface area contributed by atoms with Crippen molar-refractivity contribution >= 4 is 11.6 Å². The third-order valence-electron chi connectivity index (χ3n) is 7.29. The smallest absolute Gasteiger partial charge is 0.163 e. The number of rotatable bonds is 9. The molecule has 4 atom stereocenters. The van der Waals surface area contributed by atoms with Gasteiger partial charge in [-0.15, -0.1) is 0 Å². The van der Waals surface area contributed by atoms with Crippen LogP contribution in [0.4, 0.5) is 0 Å². The van der Waals surface area contributed by atoms with E-state index in [1.165, 1.54) is 0 Å². The zero-order chi connectivity index (χ0) is 20.5. The first kappa shape index (κ1) is 22.5. The van der Waals surface area contributed by atoms with Crippen LogP contribution in [0.3, 0.4) is 0 Å². The molecule has 4 heteroatoms. The van der Waals surface area contributed by atoms with Crippen molar-refractivity contribution in [2.45, 2.75) is 110 Å². The lowest BCUT2D eigenvalue weighted by molar-refractivity contribution is -0.135. The largest absolute Gasteiger partial charge is 0.390 e. The average molecular weight is 381 g/mol. The molecule has 0 radical (unpaired) electrons. The van der Waals surface area contributed by atoms with Crippen molar-refractivity contribution in [3.63, 3.8) is 0 Å². The summed E-state index contributed by atoms with van der Waals surface area (Å²) in [5.74, 6) is 1.36. The van der Waals surface area contributed by atoms with Crippen molar-refractivity contribution in [3.8, 4) is 0 Å². The second-order valence-electron chi connectivity index (χ2n) is 10.5. The molecule has 0 aromatic rings. The number of hydrogen-bond donors (Lipinski definition) is 2. The van der Waals surface area contributed by atoms with Crippen molar-refractivity contribution in [1.29, 1.82) is 0 Å². The summed E-state index contributed by atoms with van der Waals surface area (Å²) in [5, 5.41) is 20.1. The molecule has 4 nitrogen and oxygen atoms in total. The summed E-state index contributed by atoms with van der Waals surface area (Å²) in [5.41, 5.74) is -1.89. The van der Waals surface area contributed by atoms with Gasteiger partial charge in [0, 0.05) is 18.8 Å². The first-order valence-electron chi connectivity index (χ1n) is 10.9. The van der Waals surface area contributed by atoms with Gasteiger partial charge in [-0.05, 0) is 83.5 Å².